The second-order valence-electron chi connectivity index (χ2n) is 5.82. The van der Waals surface area contributed by atoms with Crippen LogP contribution in [0.1, 0.15) is 30.9 Å². The third kappa shape index (κ3) is 3.78. The van der Waals surface area contributed by atoms with Crippen molar-refractivity contribution in [2.75, 3.05) is 26.4 Å². The van der Waals surface area contributed by atoms with E-state index in [1.807, 2.05) is 32.0 Å². The molecular formula is C17H26N2O3. The highest BCUT2D eigenvalue weighted by Crippen LogP contribution is 2.30. The molecule has 1 fully saturated rings. The predicted molar refractivity (Wildman–Crippen MR) is 85.7 cm³/mol. The van der Waals surface area contributed by atoms with Crippen LogP contribution in [0.25, 0.3) is 0 Å². The molecule has 0 atom stereocenters. The first-order valence-corrected chi connectivity index (χ1v) is 7.90. The number of rotatable bonds is 6. The van der Waals surface area contributed by atoms with Crippen LogP contribution >= 0.6 is 0 Å². The van der Waals surface area contributed by atoms with Gasteiger partial charge in [-0.25, -0.2) is 0 Å². The Kier molecular flexibility index (Phi) is 5.80. The molecule has 22 heavy (non-hydrogen) atoms. The van der Waals surface area contributed by atoms with Gasteiger partial charge in [-0.05, 0) is 38.3 Å². The predicted octanol–water partition coefficient (Wildman–Crippen LogP) is 1.77. The van der Waals surface area contributed by atoms with Gasteiger partial charge in [0.2, 0.25) is 5.91 Å². The van der Waals surface area contributed by atoms with E-state index >= 15 is 0 Å². The van der Waals surface area contributed by atoms with Gasteiger partial charge >= 0.3 is 0 Å². The van der Waals surface area contributed by atoms with E-state index in [9.17, 15) is 4.79 Å². The molecule has 0 saturated carbocycles. The summed E-state index contributed by atoms with van der Waals surface area (Å²) >= 11 is 0. The molecule has 2 rings (SSSR count). The zero-order valence-electron chi connectivity index (χ0n) is 13.5. The van der Waals surface area contributed by atoms with Gasteiger partial charge in [0, 0.05) is 31.9 Å². The minimum atomic E-state index is -0.491. The number of amides is 1. The van der Waals surface area contributed by atoms with E-state index in [0.717, 1.165) is 16.9 Å². The molecule has 1 amide bonds. The number of hydrogen-bond acceptors (Lipinski definition) is 4. The molecule has 1 aliphatic rings. The summed E-state index contributed by atoms with van der Waals surface area (Å²) < 4.78 is 11.0. The topological polar surface area (TPSA) is 73.6 Å². The van der Waals surface area contributed by atoms with Crippen LogP contribution in [-0.4, -0.2) is 32.3 Å². The molecule has 1 aromatic rings. The molecular weight excluding hydrogens is 280 g/mol. The van der Waals surface area contributed by atoms with Crippen LogP contribution in [0, 0.1) is 12.3 Å². The third-order valence-electron chi connectivity index (χ3n) is 4.28. The van der Waals surface area contributed by atoms with E-state index in [-0.39, 0.29) is 5.91 Å². The van der Waals surface area contributed by atoms with E-state index < -0.39 is 5.41 Å². The summed E-state index contributed by atoms with van der Waals surface area (Å²) in [6.07, 6.45) is 1.36. The highest BCUT2D eigenvalue weighted by Gasteiger charge is 2.38. The van der Waals surface area contributed by atoms with Crippen molar-refractivity contribution in [3.8, 4) is 5.75 Å². The summed E-state index contributed by atoms with van der Waals surface area (Å²) in [6, 6.07) is 6.02. The first kappa shape index (κ1) is 16.8. The van der Waals surface area contributed by atoms with Gasteiger partial charge in [0.15, 0.2) is 0 Å². The van der Waals surface area contributed by atoms with Crippen molar-refractivity contribution in [1.29, 1.82) is 0 Å². The summed E-state index contributed by atoms with van der Waals surface area (Å²) in [5, 5.41) is 3.02. The van der Waals surface area contributed by atoms with E-state index in [1.54, 1.807) is 0 Å². The summed E-state index contributed by atoms with van der Waals surface area (Å²) in [5.74, 6) is 0.845. The van der Waals surface area contributed by atoms with Gasteiger partial charge < -0.3 is 20.5 Å². The minimum Gasteiger partial charge on any atom is -0.494 e. The Morgan fingerprint density at radius 2 is 2.14 bits per heavy atom. The lowest BCUT2D eigenvalue weighted by Crippen LogP contribution is -2.49. The number of ether oxygens (including phenoxy) is 2. The summed E-state index contributed by atoms with van der Waals surface area (Å²) in [7, 11) is 0. The Morgan fingerprint density at radius 3 is 2.77 bits per heavy atom. The van der Waals surface area contributed by atoms with Gasteiger partial charge in [0.05, 0.1) is 12.0 Å². The van der Waals surface area contributed by atoms with Crippen LogP contribution in [-0.2, 0) is 16.1 Å². The van der Waals surface area contributed by atoms with Gasteiger partial charge in [-0.15, -0.1) is 0 Å². The normalized spacial score (nSPS) is 17.0. The summed E-state index contributed by atoms with van der Waals surface area (Å²) in [4.78, 5) is 12.6. The second-order valence-corrected chi connectivity index (χ2v) is 5.82. The average Bonchev–Trinajstić information content (AvgIpc) is 2.54. The van der Waals surface area contributed by atoms with Crippen LogP contribution in [0.15, 0.2) is 18.2 Å². The molecule has 0 spiro atoms. The van der Waals surface area contributed by atoms with E-state index in [2.05, 4.69) is 5.32 Å². The summed E-state index contributed by atoms with van der Waals surface area (Å²) in [5.41, 5.74) is 7.50. The number of carbonyl (C=O) groups excluding carboxylic acids is 1. The number of nitrogens with one attached hydrogen (secondary N) is 1. The van der Waals surface area contributed by atoms with Gasteiger partial charge in [-0.3, -0.25) is 4.79 Å². The minimum absolute atomic E-state index is 0.0151. The van der Waals surface area contributed by atoms with Crippen molar-refractivity contribution >= 4 is 5.91 Å². The molecule has 0 unspecified atom stereocenters. The van der Waals surface area contributed by atoms with Crippen molar-refractivity contribution in [3.05, 3.63) is 29.3 Å². The quantitative estimate of drug-likeness (QED) is 0.840. The molecule has 122 valence electrons. The lowest BCUT2D eigenvalue weighted by molar-refractivity contribution is -0.136. The Morgan fingerprint density at radius 1 is 1.41 bits per heavy atom. The van der Waals surface area contributed by atoms with Gasteiger partial charge in [-0.2, -0.15) is 0 Å². The van der Waals surface area contributed by atoms with Crippen molar-refractivity contribution in [2.24, 2.45) is 11.1 Å². The fraction of sp³-hybridized carbons (Fsp3) is 0.588. The number of carbonyl (C=O) groups is 1. The second kappa shape index (κ2) is 7.61. The maximum Gasteiger partial charge on any atom is 0.227 e. The monoisotopic (exact) mass is 306 g/mol. The maximum absolute atomic E-state index is 12.6. The number of benzene rings is 1. The molecule has 0 aliphatic carbocycles. The van der Waals surface area contributed by atoms with Crippen LogP contribution in [0.3, 0.4) is 0 Å². The number of hydrogen-bond donors (Lipinski definition) is 2. The smallest absolute Gasteiger partial charge is 0.227 e. The highest BCUT2D eigenvalue weighted by atomic mass is 16.5. The highest BCUT2D eigenvalue weighted by molar-refractivity contribution is 5.83. The maximum atomic E-state index is 12.6. The van der Waals surface area contributed by atoms with Crippen molar-refractivity contribution < 1.29 is 14.3 Å². The van der Waals surface area contributed by atoms with Crippen LogP contribution in [0.5, 0.6) is 5.75 Å². The van der Waals surface area contributed by atoms with Gasteiger partial charge in [0.25, 0.3) is 0 Å². The van der Waals surface area contributed by atoms with E-state index in [1.165, 1.54) is 0 Å². The average molecular weight is 306 g/mol. The molecule has 5 heteroatoms. The van der Waals surface area contributed by atoms with Gasteiger partial charge in [-0.1, -0.05) is 12.1 Å². The third-order valence-corrected chi connectivity index (χ3v) is 4.28. The first-order chi connectivity index (χ1) is 10.6. The van der Waals surface area contributed by atoms with Crippen LogP contribution in [0.4, 0.5) is 0 Å². The molecule has 1 aromatic carbocycles. The van der Waals surface area contributed by atoms with Crippen molar-refractivity contribution in [1.82, 2.24) is 5.32 Å². The zero-order chi connectivity index (χ0) is 16.0. The molecule has 0 radical (unpaired) electrons. The molecule has 3 N–H and O–H groups in total. The number of nitrogens with two attached hydrogens (primary N) is 1. The zero-order valence-corrected chi connectivity index (χ0v) is 13.5. The lowest BCUT2D eigenvalue weighted by Gasteiger charge is -2.34. The molecule has 1 saturated heterocycles. The Hall–Kier alpha value is -1.59. The standard InChI is InChI=1S/C17H26N2O3/c1-3-22-15-10-13(2)4-5-14(15)11-19-16(20)17(12-18)6-8-21-9-7-17/h4-5,10H,3,6-9,11-12,18H2,1-2H3,(H,19,20). The summed E-state index contributed by atoms with van der Waals surface area (Å²) in [6.45, 7) is 6.59. The fourth-order valence-electron chi connectivity index (χ4n) is 2.75. The Labute approximate surface area is 132 Å². The van der Waals surface area contributed by atoms with Crippen molar-refractivity contribution in [3.63, 3.8) is 0 Å². The van der Waals surface area contributed by atoms with E-state index in [4.69, 9.17) is 15.2 Å². The Balaban J connectivity index is 2.04. The Bertz CT molecular complexity index is 511. The molecule has 5 nitrogen and oxygen atoms in total. The van der Waals surface area contributed by atoms with Gasteiger partial charge in [0.1, 0.15) is 5.75 Å². The largest absolute Gasteiger partial charge is 0.494 e. The van der Waals surface area contributed by atoms with Crippen molar-refractivity contribution in [2.45, 2.75) is 33.2 Å². The molecule has 1 aliphatic heterocycles. The fourth-order valence-corrected chi connectivity index (χ4v) is 2.75. The first-order valence-electron chi connectivity index (χ1n) is 7.90. The lowest BCUT2D eigenvalue weighted by atomic mass is 9.79. The molecule has 0 aromatic heterocycles. The number of aryl methyl sites for hydroxylation is 1. The van der Waals surface area contributed by atoms with Crippen LogP contribution < -0.4 is 15.8 Å². The van der Waals surface area contributed by atoms with E-state index in [0.29, 0.717) is 45.8 Å². The van der Waals surface area contributed by atoms with Crippen LogP contribution in [0.2, 0.25) is 0 Å². The molecule has 0 bridgehead atoms. The SMILES string of the molecule is CCOc1cc(C)ccc1CNC(=O)C1(CN)CCOCC1. The molecule has 1 heterocycles.